The van der Waals surface area contributed by atoms with Crippen LogP contribution in [0.1, 0.15) is 58.4 Å². The van der Waals surface area contributed by atoms with Crippen molar-refractivity contribution in [3.63, 3.8) is 0 Å². The van der Waals surface area contributed by atoms with Gasteiger partial charge in [0.1, 0.15) is 5.75 Å². The smallest absolute Gasteiger partial charge is 0.306 e. The summed E-state index contributed by atoms with van der Waals surface area (Å²) in [6.07, 6.45) is 5.57. The van der Waals surface area contributed by atoms with Crippen LogP contribution in [0.5, 0.6) is 5.75 Å². The Morgan fingerprint density at radius 1 is 1.17 bits per heavy atom. The number of hydrogen-bond acceptors (Lipinski definition) is 4. The molecule has 0 aliphatic heterocycles. The molecule has 136 valence electrons. The fraction of sp³-hybridized carbons (Fsp3) is 0.611. The Morgan fingerprint density at radius 3 is 2.29 bits per heavy atom. The number of benzene rings is 1. The summed E-state index contributed by atoms with van der Waals surface area (Å²) in [6.45, 7) is 6.77. The van der Waals surface area contributed by atoms with E-state index in [9.17, 15) is 13.2 Å². The fourth-order valence-corrected chi connectivity index (χ4v) is 2.86. The van der Waals surface area contributed by atoms with Crippen LogP contribution in [0.15, 0.2) is 24.3 Å². The van der Waals surface area contributed by atoms with Gasteiger partial charge >= 0.3 is 10.1 Å². The van der Waals surface area contributed by atoms with E-state index in [0.29, 0.717) is 13.0 Å². The normalized spacial score (nSPS) is 12.7. The van der Waals surface area contributed by atoms with Crippen LogP contribution in [0.25, 0.3) is 0 Å². The predicted octanol–water partition coefficient (Wildman–Crippen LogP) is 3.73. The van der Waals surface area contributed by atoms with Gasteiger partial charge in [-0.1, -0.05) is 38.8 Å². The molecule has 0 aliphatic carbocycles. The van der Waals surface area contributed by atoms with Gasteiger partial charge in [0.2, 0.25) is 5.91 Å². The molecule has 1 rings (SSSR count). The topological polar surface area (TPSA) is 63.7 Å². The van der Waals surface area contributed by atoms with E-state index in [1.807, 2.05) is 4.90 Å². The van der Waals surface area contributed by atoms with Gasteiger partial charge in [-0.15, -0.1) is 0 Å². The van der Waals surface area contributed by atoms with E-state index in [1.165, 1.54) is 0 Å². The van der Waals surface area contributed by atoms with Crippen LogP contribution in [-0.4, -0.2) is 31.5 Å². The second-order valence-corrected chi connectivity index (χ2v) is 7.74. The lowest BCUT2D eigenvalue weighted by Gasteiger charge is -2.29. The number of nitrogens with zero attached hydrogens (tertiary/aromatic N) is 1. The number of carbonyl (C=O) groups excluding carboxylic acids is 1. The highest BCUT2D eigenvalue weighted by Gasteiger charge is 2.18. The SMILES string of the molecule is CCCCCC(=O)N(Cc1ccc(OS(C)(=O)=O)cc1)C(C)CC. The number of hydrogen-bond donors (Lipinski definition) is 0. The van der Waals surface area contributed by atoms with E-state index in [1.54, 1.807) is 24.3 Å². The molecule has 0 fully saturated rings. The molecule has 1 unspecified atom stereocenters. The van der Waals surface area contributed by atoms with Crippen molar-refractivity contribution < 1.29 is 17.4 Å². The molecule has 0 saturated carbocycles. The Balaban J connectivity index is 2.77. The average Bonchev–Trinajstić information content (AvgIpc) is 2.52. The van der Waals surface area contributed by atoms with Crippen LogP contribution in [0.4, 0.5) is 0 Å². The van der Waals surface area contributed by atoms with Crippen molar-refractivity contribution in [1.29, 1.82) is 0 Å². The molecular formula is C18H29NO4S. The second-order valence-electron chi connectivity index (χ2n) is 6.17. The Morgan fingerprint density at radius 2 is 1.79 bits per heavy atom. The number of carbonyl (C=O) groups is 1. The third-order valence-electron chi connectivity index (χ3n) is 3.96. The zero-order valence-electron chi connectivity index (χ0n) is 15.1. The number of unbranched alkanes of at least 4 members (excludes halogenated alkanes) is 2. The van der Waals surface area contributed by atoms with Gasteiger partial charge in [0.15, 0.2) is 0 Å². The Labute approximate surface area is 146 Å². The summed E-state index contributed by atoms with van der Waals surface area (Å²) in [5.74, 6) is 0.458. The zero-order chi connectivity index (χ0) is 18.2. The van der Waals surface area contributed by atoms with Crippen molar-refractivity contribution in [2.45, 2.75) is 65.5 Å². The first-order chi connectivity index (χ1) is 11.3. The van der Waals surface area contributed by atoms with Gasteiger partial charge in [-0.2, -0.15) is 8.42 Å². The molecule has 1 aromatic rings. The summed E-state index contributed by atoms with van der Waals surface area (Å²) in [6, 6.07) is 7.01. The largest absolute Gasteiger partial charge is 0.383 e. The maximum Gasteiger partial charge on any atom is 0.306 e. The van der Waals surface area contributed by atoms with Crippen molar-refractivity contribution in [1.82, 2.24) is 4.90 Å². The van der Waals surface area contributed by atoms with Gasteiger partial charge in [0, 0.05) is 19.0 Å². The number of amides is 1. The summed E-state index contributed by atoms with van der Waals surface area (Å²) in [7, 11) is -3.52. The number of rotatable bonds is 10. The maximum absolute atomic E-state index is 12.5. The van der Waals surface area contributed by atoms with Gasteiger partial charge in [0.25, 0.3) is 0 Å². The molecule has 5 nitrogen and oxygen atoms in total. The van der Waals surface area contributed by atoms with Crippen LogP contribution >= 0.6 is 0 Å². The van der Waals surface area contributed by atoms with Gasteiger partial charge in [-0.3, -0.25) is 4.79 Å². The summed E-state index contributed by atoms with van der Waals surface area (Å²) in [4.78, 5) is 14.4. The van der Waals surface area contributed by atoms with Crippen molar-refractivity contribution in [2.75, 3.05) is 6.26 Å². The highest BCUT2D eigenvalue weighted by Crippen LogP contribution is 2.18. The third-order valence-corrected chi connectivity index (χ3v) is 4.46. The first-order valence-electron chi connectivity index (χ1n) is 8.54. The van der Waals surface area contributed by atoms with E-state index in [4.69, 9.17) is 4.18 Å². The highest BCUT2D eigenvalue weighted by molar-refractivity contribution is 7.86. The lowest BCUT2D eigenvalue weighted by atomic mass is 10.1. The van der Waals surface area contributed by atoms with E-state index in [2.05, 4.69) is 20.8 Å². The lowest BCUT2D eigenvalue weighted by molar-refractivity contribution is -0.134. The molecule has 0 bridgehead atoms. The minimum atomic E-state index is -3.52. The van der Waals surface area contributed by atoms with Crippen LogP contribution in [0, 0.1) is 0 Å². The van der Waals surface area contributed by atoms with Gasteiger partial charge in [-0.05, 0) is 37.5 Å². The minimum absolute atomic E-state index is 0.172. The molecule has 0 aromatic heterocycles. The summed E-state index contributed by atoms with van der Waals surface area (Å²) < 4.78 is 27.1. The molecule has 0 aliphatic rings. The van der Waals surface area contributed by atoms with Crippen LogP contribution < -0.4 is 4.18 Å². The van der Waals surface area contributed by atoms with E-state index < -0.39 is 10.1 Å². The molecule has 0 spiro atoms. The highest BCUT2D eigenvalue weighted by atomic mass is 32.2. The van der Waals surface area contributed by atoms with E-state index >= 15 is 0 Å². The van der Waals surface area contributed by atoms with Gasteiger partial charge in [0.05, 0.1) is 6.26 Å². The molecule has 1 amide bonds. The van der Waals surface area contributed by atoms with Gasteiger partial charge in [-0.25, -0.2) is 0 Å². The van der Waals surface area contributed by atoms with Gasteiger partial charge < -0.3 is 9.08 Å². The minimum Gasteiger partial charge on any atom is -0.383 e. The quantitative estimate of drug-likeness (QED) is 0.474. The van der Waals surface area contributed by atoms with Crippen molar-refractivity contribution in [3.05, 3.63) is 29.8 Å². The average molecular weight is 356 g/mol. The predicted molar refractivity (Wildman–Crippen MR) is 96.4 cm³/mol. The van der Waals surface area contributed by atoms with Crippen LogP contribution in [-0.2, 0) is 21.5 Å². The third kappa shape index (κ3) is 7.34. The first kappa shape index (κ1) is 20.5. The fourth-order valence-electron chi connectivity index (χ4n) is 2.40. The first-order valence-corrected chi connectivity index (χ1v) is 10.4. The van der Waals surface area contributed by atoms with Crippen molar-refractivity contribution in [2.24, 2.45) is 0 Å². The molecule has 24 heavy (non-hydrogen) atoms. The molecule has 0 heterocycles. The Kier molecular flexibility index (Phi) is 8.25. The van der Waals surface area contributed by atoms with Crippen LogP contribution in [0.3, 0.4) is 0 Å². The second kappa shape index (κ2) is 9.67. The lowest BCUT2D eigenvalue weighted by Crippen LogP contribution is -2.37. The van der Waals surface area contributed by atoms with Crippen molar-refractivity contribution in [3.8, 4) is 5.75 Å². The molecule has 1 atom stereocenters. The van der Waals surface area contributed by atoms with Crippen molar-refractivity contribution >= 4 is 16.0 Å². The Bertz CT molecular complexity index is 610. The summed E-state index contributed by atoms with van der Waals surface area (Å²) >= 11 is 0. The standard InChI is InChI=1S/C18H29NO4S/c1-5-7-8-9-18(20)19(15(3)6-2)14-16-10-12-17(13-11-16)23-24(4,21)22/h10-13,15H,5-9,14H2,1-4H3. The van der Waals surface area contributed by atoms with E-state index in [0.717, 1.165) is 37.5 Å². The van der Waals surface area contributed by atoms with Crippen LogP contribution in [0.2, 0.25) is 0 Å². The molecule has 0 N–H and O–H groups in total. The molecule has 1 aromatic carbocycles. The summed E-state index contributed by atoms with van der Waals surface area (Å²) in [5, 5.41) is 0. The molecule has 6 heteroatoms. The maximum atomic E-state index is 12.5. The molecular weight excluding hydrogens is 326 g/mol. The summed E-state index contributed by atoms with van der Waals surface area (Å²) in [5.41, 5.74) is 0.958. The molecule has 0 radical (unpaired) electrons. The molecule has 0 saturated heterocycles. The van der Waals surface area contributed by atoms with E-state index in [-0.39, 0.29) is 17.7 Å². The monoisotopic (exact) mass is 355 g/mol. The Hall–Kier alpha value is -1.56. The zero-order valence-corrected chi connectivity index (χ0v) is 15.9.